The maximum absolute atomic E-state index is 6.04. The van der Waals surface area contributed by atoms with Crippen molar-refractivity contribution in [3.8, 4) is 0 Å². The third-order valence-corrected chi connectivity index (χ3v) is 5.03. The van der Waals surface area contributed by atoms with E-state index >= 15 is 0 Å². The summed E-state index contributed by atoms with van der Waals surface area (Å²) in [5.41, 5.74) is 6.97. The largest absolute Gasteiger partial charge is 0.320 e. The Hall–Kier alpha value is -2.91. The van der Waals surface area contributed by atoms with E-state index in [0.29, 0.717) is 0 Å². The first-order valence-corrected chi connectivity index (χ1v) is 9.28. The monoisotopic (exact) mass is 373 g/mol. The lowest BCUT2D eigenvalue weighted by Gasteiger charge is -2.09. The van der Waals surface area contributed by atoms with Gasteiger partial charge in [0.05, 0.1) is 11.0 Å². The second kappa shape index (κ2) is 7.37. The predicted molar refractivity (Wildman–Crippen MR) is 113 cm³/mol. The second-order valence-corrected chi connectivity index (χ2v) is 7.16. The third kappa shape index (κ3) is 3.79. The van der Waals surface area contributed by atoms with E-state index < -0.39 is 0 Å². The fourth-order valence-corrected chi connectivity index (χ4v) is 3.24. The molecule has 0 aliphatic carbocycles. The lowest BCUT2D eigenvalue weighted by Crippen LogP contribution is -2.02. The van der Waals surface area contributed by atoms with Crippen LogP contribution in [0.4, 0.5) is 0 Å². The van der Waals surface area contributed by atoms with Crippen molar-refractivity contribution >= 4 is 34.8 Å². The van der Waals surface area contributed by atoms with Crippen molar-refractivity contribution < 1.29 is 0 Å². The van der Waals surface area contributed by atoms with Gasteiger partial charge in [0.15, 0.2) is 0 Å². The molecule has 0 aliphatic rings. The number of nitrogens with zero attached hydrogens (tertiary/aromatic N) is 3. The van der Waals surface area contributed by atoms with Gasteiger partial charge in [-0.25, -0.2) is 4.98 Å². The summed E-state index contributed by atoms with van der Waals surface area (Å²) in [7, 11) is 0. The van der Waals surface area contributed by atoms with Gasteiger partial charge in [-0.05, 0) is 78.6 Å². The number of hydrogen-bond donors (Lipinski definition) is 0. The van der Waals surface area contributed by atoms with Crippen LogP contribution < -0.4 is 0 Å². The molecule has 134 valence electrons. The predicted octanol–water partition coefficient (Wildman–Crippen LogP) is 5.92. The van der Waals surface area contributed by atoms with E-state index in [1.165, 1.54) is 16.7 Å². The van der Waals surface area contributed by atoms with Gasteiger partial charge in [0.2, 0.25) is 0 Å². The second-order valence-electron chi connectivity index (χ2n) is 6.72. The molecular weight excluding hydrogens is 354 g/mol. The Morgan fingerprint density at radius 1 is 0.926 bits per heavy atom. The van der Waals surface area contributed by atoms with E-state index in [2.05, 4.69) is 59.8 Å². The Bertz CT molecular complexity index is 1110. The summed E-state index contributed by atoms with van der Waals surface area (Å²) in [6.07, 6.45) is 7.73. The Kier molecular flexibility index (Phi) is 4.78. The molecule has 0 saturated heterocycles. The molecule has 0 aliphatic heterocycles. The Morgan fingerprint density at radius 3 is 2.37 bits per heavy atom. The fraction of sp³-hybridized carbons (Fsp3) is 0.130. The van der Waals surface area contributed by atoms with Crippen molar-refractivity contribution in [3.05, 3.63) is 94.0 Å². The molecule has 0 N–H and O–H groups in total. The SMILES string of the molecule is Cc1cc2nc(C=Cc3ccncc3)n(Cc3ccc(Cl)cc3)c2cc1C. The Morgan fingerprint density at radius 2 is 1.63 bits per heavy atom. The Balaban J connectivity index is 1.81. The third-order valence-electron chi connectivity index (χ3n) is 4.78. The zero-order valence-electron chi connectivity index (χ0n) is 15.4. The number of aryl methyl sites for hydroxylation is 2. The van der Waals surface area contributed by atoms with E-state index in [1.807, 2.05) is 24.3 Å². The molecule has 2 aromatic carbocycles. The van der Waals surface area contributed by atoms with Crippen molar-refractivity contribution in [3.63, 3.8) is 0 Å². The minimum absolute atomic E-state index is 0.742. The summed E-state index contributed by atoms with van der Waals surface area (Å²) in [6.45, 7) is 5.01. The summed E-state index contributed by atoms with van der Waals surface area (Å²) in [5.74, 6) is 0.932. The number of aromatic nitrogens is 3. The molecule has 0 radical (unpaired) electrons. The van der Waals surface area contributed by atoms with Crippen LogP contribution >= 0.6 is 11.6 Å². The number of pyridine rings is 1. The molecule has 0 fully saturated rings. The van der Waals surface area contributed by atoms with Gasteiger partial charge in [0.25, 0.3) is 0 Å². The van der Waals surface area contributed by atoms with Crippen LogP contribution in [0.2, 0.25) is 5.02 Å². The van der Waals surface area contributed by atoms with Crippen LogP contribution in [0.5, 0.6) is 0 Å². The average Bonchev–Trinajstić information content (AvgIpc) is 2.99. The highest BCUT2D eigenvalue weighted by Crippen LogP contribution is 2.23. The Labute approximate surface area is 164 Å². The van der Waals surface area contributed by atoms with E-state index in [-0.39, 0.29) is 0 Å². The summed E-state index contributed by atoms with van der Waals surface area (Å²) in [4.78, 5) is 8.95. The smallest absolute Gasteiger partial charge is 0.134 e. The van der Waals surface area contributed by atoms with Gasteiger partial charge in [0, 0.05) is 24.0 Å². The zero-order chi connectivity index (χ0) is 18.8. The van der Waals surface area contributed by atoms with Crippen LogP contribution in [-0.2, 0) is 6.54 Å². The topological polar surface area (TPSA) is 30.7 Å². The molecule has 0 bridgehead atoms. The van der Waals surface area contributed by atoms with Gasteiger partial charge in [-0.2, -0.15) is 0 Å². The van der Waals surface area contributed by atoms with Crippen LogP contribution in [0.1, 0.15) is 28.1 Å². The van der Waals surface area contributed by atoms with E-state index in [0.717, 1.165) is 34.0 Å². The number of imidazole rings is 1. The van der Waals surface area contributed by atoms with Gasteiger partial charge < -0.3 is 4.57 Å². The summed E-state index contributed by atoms with van der Waals surface area (Å²) < 4.78 is 2.25. The van der Waals surface area contributed by atoms with Crippen LogP contribution in [0.15, 0.2) is 60.9 Å². The highest BCUT2D eigenvalue weighted by Gasteiger charge is 2.11. The van der Waals surface area contributed by atoms with Crippen LogP contribution in [0.25, 0.3) is 23.2 Å². The molecule has 0 amide bonds. The lowest BCUT2D eigenvalue weighted by molar-refractivity contribution is 0.813. The zero-order valence-corrected chi connectivity index (χ0v) is 16.1. The molecule has 0 unspecified atom stereocenters. The standard InChI is InChI=1S/C23H20ClN3/c1-16-13-21-22(14-17(16)2)27(15-19-3-6-20(24)7-4-19)23(26-21)8-5-18-9-11-25-12-10-18/h3-14H,15H2,1-2H3. The molecule has 4 rings (SSSR count). The highest BCUT2D eigenvalue weighted by atomic mass is 35.5. The van der Waals surface area contributed by atoms with Crippen molar-refractivity contribution in [2.75, 3.05) is 0 Å². The molecule has 2 heterocycles. The molecule has 3 nitrogen and oxygen atoms in total. The van der Waals surface area contributed by atoms with E-state index in [9.17, 15) is 0 Å². The molecule has 0 atom stereocenters. The lowest BCUT2D eigenvalue weighted by atomic mass is 10.1. The molecule has 4 heteroatoms. The molecule has 2 aromatic heterocycles. The molecule has 0 spiro atoms. The number of hydrogen-bond acceptors (Lipinski definition) is 2. The number of fused-ring (bicyclic) bond motifs is 1. The minimum Gasteiger partial charge on any atom is -0.320 e. The maximum Gasteiger partial charge on any atom is 0.134 e. The van der Waals surface area contributed by atoms with Gasteiger partial charge in [-0.15, -0.1) is 0 Å². The van der Waals surface area contributed by atoms with Gasteiger partial charge >= 0.3 is 0 Å². The van der Waals surface area contributed by atoms with Crippen molar-refractivity contribution in [2.45, 2.75) is 20.4 Å². The summed E-state index contributed by atoms with van der Waals surface area (Å²) in [5, 5.41) is 0.749. The van der Waals surface area contributed by atoms with Crippen molar-refractivity contribution in [2.24, 2.45) is 0 Å². The van der Waals surface area contributed by atoms with E-state index in [1.54, 1.807) is 12.4 Å². The number of halogens is 1. The highest BCUT2D eigenvalue weighted by molar-refractivity contribution is 6.30. The quantitative estimate of drug-likeness (QED) is 0.444. The molecular formula is C23H20ClN3. The summed E-state index contributed by atoms with van der Waals surface area (Å²) >= 11 is 6.04. The van der Waals surface area contributed by atoms with Crippen molar-refractivity contribution in [1.82, 2.24) is 14.5 Å². The first kappa shape index (κ1) is 17.5. The number of rotatable bonds is 4. The molecule has 27 heavy (non-hydrogen) atoms. The normalized spacial score (nSPS) is 11.5. The maximum atomic E-state index is 6.04. The average molecular weight is 374 g/mol. The van der Waals surface area contributed by atoms with Gasteiger partial charge in [0.1, 0.15) is 5.82 Å². The van der Waals surface area contributed by atoms with Crippen molar-refractivity contribution in [1.29, 1.82) is 0 Å². The van der Waals surface area contributed by atoms with Gasteiger partial charge in [-0.1, -0.05) is 29.8 Å². The first-order valence-electron chi connectivity index (χ1n) is 8.90. The number of benzene rings is 2. The van der Waals surface area contributed by atoms with Crippen LogP contribution in [-0.4, -0.2) is 14.5 Å². The fourth-order valence-electron chi connectivity index (χ4n) is 3.11. The van der Waals surface area contributed by atoms with Crippen LogP contribution in [0.3, 0.4) is 0 Å². The first-order chi connectivity index (χ1) is 13.1. The van der Waals surface area contributed by atoms with Crippen LogP contribution in [0, 0.1) is 13.8 Å². The van der Waals surface area contributed by atoms with E-state index in [4.69, 9.17) is 16.6 Å². The molecule has 4 aromatic rings. The van der Waals surface area contributed by atoms with Gasteiger partial charge in [-0.3, -0.25) is 4.98 Å². The minimum atomic E-state index is 0.742. The molecule has 0 saturated carbocycles. The summed E-state index contributed by atoms with van der Waals surface area (Å²) in [6, 6.07) is 16.3.